The van der Waals surface area contributed by atoms with Gasteiger partial charge in [-0.15, -0.1) is 11.8 Å². The zero-order chi connectivity index (χ0) is 27.2. The summed E-state index contributed by atoms with van der Waals surface area (Å²) in [5, 5.41) is 19.8. The van der Waals surface area contributed by atoms with E-state index in [-0.39, 0.29) is 39.6 Å². The number of benzene rings is 3. The number of thioether (sulfide) groups is 1. The number of carboxylic acid groups (broad SMARTS) is 2. The van der Waals surface area contributed by atoms with Crippen LogP contribution in [-0.4, -0.2) is 56.1 Å². The van der Waals surface area contributed by atoms with Crippen molar-refractivity contribution in [1.82, 2.24) is 4.58 Å². The van der Waals surface area contributed by atoms with Gasteiger partial charge in [0.15, 0.2) is 11.6 Å². The van der Waals surface area contributed by atoms with E-state index in [0.29, 0.717) is 0 Å². The minimum Gasteiger partial charge on any atom is -0.481 e. The number of hydrogen-bond donors (Lipinski definition) is 2. The lowest BCUT2D eigenvalue weighted by atomic mass is 9.89. The SMILES string of the molecule is CN(C)c1ccc2c(-c3c(F)c(SCC(=O)O)c(F)c(F)c3C(=O)O)c3ccc(=[N+](C)C)cc-3oc2c1. The Hall–Kier alpha value is -3.99. The summed E-state index contributed by atoms with van der Waals surface area (Å²) in [4.78, 5) is 24.1. The molecule has 0 fully saturated rings. The highest BCUT2D eigenvalue weighted by Gasteiger charge is 2.33. The zero-order valence-electron chi connectivity index (χ0n) is 20.2. The number of rotatable bonds is 6. The normalized spacial score (nSPS) is 11.2. The van der Waals surface area contributed by atoms with Gasteiger partial charge in [0.2, 0.25) is 5.36 Å². The van der Waals surface area contributed by atoms with Gasteiger partial charge in [0.1, 0.15) is 36.8 Å². The van der Waals surface area contributed by atoms with Crippen LogP contribution in [-0.2, 0) is 4.79 Å². The lowest BCUT2D eigenvalue weighted by molar-refractivity contribution is -0.133. The Kier molecular flexibility index (Phi) is 6.92. The number of aromatic carboxylic acids is 1. The maximum atomic E-state index is 16.0. The van der Waals surface area contributed by atoms with E-state index < -0.39 is 51.2 Å². The molecule has 0 saturated carbocycles. The van der Waals surface area contributed by atoms with Crippen molar-refractivity contribution >= 4 is 40.4 Å². The van der Waals surface area contributed by atoms with Crippen molar-refractivity contribution in [2.24, 2.45) is 0 Å². The molecule has 0 saturated heterocycles. The van der Waals surface area contributed by atoms with Crippen LogP contribution in [0.2, 0.25) is 0 Å². The third-order valence-electron chi connectivity index (χ3n) is 5.81. The van der Waals surface area contributed by atoms with Crippen molar-refractivity contribution in [3.8, 4) is 22.5 Å². The fourth-order valence-electron chi connectivity index (χ4n) is 4.03. The van der Waals surface area contributed by atoms with Gasteiger partial charge in [0.05, 0.1) is 16.7 Å². The molecule has 1 aliphatic carbocycles. The van der Waals surface area contributed by atoms with Gasteiger partial charge in [0.25, 0.3) is 0 Å². The predicted octanol–water partition coefficient (Wildman–Crippen LogP) is 4.59. The molecule has 0 radical (unpaired) electrons. The van der Waals surface area contributed by atoms with Gasteiger partial charge in [-0.05, 0) is 18.2 Å². The molecular formula is C26H22F3N2O5S+. The van der Waals surface area contributed by atoms with Crippen LogP contribution in [0, 0.1) is 17.5 Å². The average molecular weight is 532 g/mol. The van der Waals surface area contributed by atoms with Crippen molar-refractivity contribution in [2.45, 2.75) is 4.90 Å². The van der Waals surface area contributed by atoms with E-state index in [4.69, 9.17) is 9.52 Å². The molecule has 2 aromatic carbocycles. The molecule has 1 aliphatic heterocycles. The first-order chi connectivity index (χ1) is 17.4. The number of halogens is 3. The number of nitrogens with zero attached hydrogens (tertiary/aromatic N) is 2. The van der Waals surface area contributed by atoms with Gasteiger partial charge in [-0.25, -0.2) is 22.5 Å². The third kappa shape index (κ3) is 4.62. The van der Waals surface area contributed by atoms with Crippen LogP contribution in [0.5, 0.6) is 0 Å². The summed E-state index contributed by atoms with van der Waals surface area (Å²) in [7, 11) is 7.21. The predicted molar refractivity (Wildman–Crippen MR) is 135 cm³/mol. The summed E-state index contributed by atoms with van der Waals surface area (Å²) in [6, 6.07) is 9.88. The molecule has 11 heteroatoms. The van der Waals surface area contributed by atoms with Crippen molar-refractivity contribution < 1.29 is 37.4 Å². The summed E-state index contributed by atoms with van der Waals surface area (Å²) < 4.78 is 53.9. The molecule has 1 heterocycles. The number of fused-ring (bicyclic) bond motifs is 2. The van der Waals surface area contributed by atoms with E-state index in [0.717, 1.165) is 11.0 Å². The van der Waals surface area contributed by atoms with E-state index in [1.54, 1.807) is 74.1 Å². The number of hydrogen-bond acceptors (Lipinski definition) is 5. The zero-order valence-corrected chi connectivity index (χ0v) is 21.0. The monoisotopic (exact) mass is 531 g/mol. The van der Waals surface area contributed by atoms with Gasteiger partial charge in [-0.3, -0.25) is 4.79 Å². The molecule has 2 aliphatic rings. The first-order valence-electron chi connectivity index (χ1n) is 10.9. The Morgan fingerprint density at radius 1 is 0.973 bits per heavy atom. The second-order valence-electron chi connectivity index (χ2n) is 8.64. The summed E-state index contributed by atoms with van der Waals surface area (Å²) in [6.07, 6.45) is 0. The lowest BCUT2D eigenvalue weighted by Gasteiger charge is -2.20. The molecule has 0 spiro atoms. The molecule has 2 N–H and O–H groups in total. The molecule has 37 heavy (non-hydrogen) atoms. The van der Waals surface area contributed by atoms with E-state index in [1.807, 2.05) is 0 Å². The highest BCUT2D eigenvalue weighted by molar-refractivity contribution is 8.00. The summed E-state index contributed by atoms with van der Waals surface area (Å²) >= 11 is 0.229. The quantitative estimate of drug-likeness (QED) is 0.163. The second-order valence-corrected chi connectivity index (χ2v) is 9.62. The van der Waals surface area contributed by atoms with Crippen LogP contribution in [0.25, 0.3) is 33.4 Å². The molecule has 0 atom stereocenters. The van der Waals surface area contributed by atoms with Crippen LogP contribution >= 0.6 is 11.8 Å². The summed E-state index contributed by atoms with van der Waals surface area (Å²) in [5.74, 6) is -8.68. The fourth-order valence-corrected chi connectivity index (χ4v) is 4.74. The Bertz CT molecular complexity index is 1630. The first kappa shape index (κ1) is 26.1. The molecule has 0 aromatic heterocycles. The van der Waals surface area contributed by atoms with Crippen molar-refractivity contribution in [1.29, 1.82) is 0 Å². The van der Waals surface area contributed by atoms with E-state index in [9.17, 15) is 19.1 Å². The van der Waals surface area contributed by atoms with Crippen LogP contribution < -0.4 is 14.8 Å². The van der Waals surface area contributed by atoms with Gasteiger partial charge in [0, 0.05) is 54.0 Å². The Morgan fingerprint density at radius 3 is 2.27 bits per heavy atom. The molecule has 0 unspecified atom stereocenters. The van der Waals surface area contributed by atoms with Gasteiger partial charge < -0.3 is 19.5 Å². The van der Waals surface area contributed by atoms with Crippen molar-refractivity contribution in [3.63, 3.8) is 0 Å². The summed E-state index contributed by atoms with van der Waals surface area (Å²) in [6.45, 7) is 0. The van der Waals surface area contributed by atoms with Crippen LogP contribution in [0.15, 0.2) is 45.7 Å². The fraction of sp³-hybridized carbons (Fsp3) is 0.192. The Balaban J connectivity index is 2.24. The number of aliphatic carboxylic acids is 1. The van der Waals surface area contributed by atoms with Crippen molar-refractivity contribution in [2.75, 3.05) is 38.8 Å². The number of anilines is 1. The number of carbonyl (C=O) groups is 2. The molecule has 192 valence electrons. The average Bonchev–Trinajstić information content (AvgIpc) is 2.83. The minimum absolute atomic E-state index is 0.0159. The van der Waals surface area contributed by atoms with Crippen molar-refractivity contribution in [3.05, 3.63) is 64.8 Å². The third-order valence-corrected chi connectivity index (χ3v) is 6.84. The van der Waals surface area contributed by atoms with E-state index in [1.165, 1.54) is 0 Å². The highest BCUT2D eigenvalue weighted by Crippen LogP contribution is 2.46. The maximum absolute atomic E-state index is 16.0. The topological polar surface area (TPSA) is 94.0 Å². The molecule has 4 rings (SSSR count). The molecular weight excluding hydrogens is 509 g/mol. The molecule has 2 aromatic rings. The molecule has 0 amide bonds. The second kappa shape index (κ2) is 9.81. The molecule has 0 bridgehead atoms. The maximum Gasteiger partial charge on any atom is 0.339 e. The van der Waals surface area contributed by atoms with Crippen LogP contribution in [0.1, 0.15) is 10.4 Å². The van der Waals surface area contributed by atoms with Gasteiger partial charge in [-0.1, -0.05) is 0 Å². The summed E-state index contributed by atoms with van der Waals surface area (Å²) in [5.41, 5.74) is -0.663. The smallest absolute Gasteiger partial charge is 0.339 e. The van der Waals surface area contributed by atoms with E-state index in [2.05, 4.69) is 0 Å². The lowest BCUT2D eigenvalue weighted by Crippen LogP contribution is -2.21. The number of carboxylic acids is 2. The Morgan fingerprint density at radius 2 is 1.68 bits per heavy atom. The highest BCUT2D eigenvalue weighted by atomic mass is 32.2. The standard InChI is InChI=1S/C26H21F3N2O5S/c1-30(2)12-5-7-14-16(9-12)36-17-10-13(31(3)4)6-8-15(17)19(14)20-21(26(34)35)22(27)24(29)25(23(20)28)37-11-18(32)33/h5-10H,11H2,1-4H3,(H-,32,33,34,35)/p+1. The molecule has 7 nitrogen and oxygen atoms in total. The minimum atomic E-state index is -1.88. The largest absolute Gasteiger partial charge is 0.481 e. The van der Waals surface area contributed by atoms with Gasteiger partial charge in [-0.2, -0.15) is 0 Å². The van der Waals surface area contributed by atoms with Crippen LogP contribution in [0.3, 0.4) is 0 Å². The van der Waals surface area contributed by atoms with Gasteiger partial charge >= 0.3 is 11.9 Å². The van der Waals surface area contributed by atoms with Crippen LogP contribution in [0.4, 0.5) is 18.9 Å². The Labute approximate surface area is 213 Å². The first-order valence-corrected chi connectivity index (χ1v) is 11.9. The van der Waals surface area contributed by atoms with E-state index >= 15 is 8.78 Å².